The molecular formula is C37H63N3O28. The number of aliphatic hydroxyl groups is 16. The Morgan fingerprint density at radius 3 is 1.65 bits per heavy atom. The van der Waals surface area contributed by atoms with Gasteiger partial charge in [0, 0.05) is 20.3 Å². The summed E-state index contributed by atoms with van der Waals surface area (Å²) in [7, 11) is 0. The van der Waals surface area contributed by atoms with E-state index < -0.39 is 216 Å². The largest absolute Gasteiger partial charge is 0.394 e. The number of amides is 3. The highest BCUT2D eigenvalue weighted by atomic mass is 16.8. The van der Waals surface area contributed by atoms with E-state index in [0.717, 1.165) is 13.8 Å². The maximum absolute atomic E-state index is 13.6. The Morgan fingerprint density at radius 1 is 0.588 bits per heavy atom. The van der Waals surface area contributed by atoms with Gasteiger partial charge in [0.1, 0.15) is 116 Å². The minimum Gasteiger partial charge on any atom is -0.394 e. The predicted octanol–water partition coefficient (Wildman–Crippen LogP) is -13.0. The van der Waals surface area contributed by atoms with E-state index in [4.69, 9.17) is 48.4 Å². The van der Waals surface area contributed by atoms with Crippen molar-refractivity contribution in [1.29, 1.82) is 0 Å². The van der Waals surface area contributed by atoms with Crippen molar-refractivity contribution >= 4 is 17.7 Å². The van der Waals surface area contributed by atoms with E-state index in [-0.39, 0.29) is 0 Å². The summed E-state index contributed by atoms with van der Waals surface area (Å²) in [6.07, 6.45) is -47.6. The van der Waals surface area contributed by atoms with Crippen LogP contribution in [0, 0.1) is 0 Å². The lowest BCUT2D eigenvalue weighted by atomic mass is 9.87. The quantitative estimate of drug-likeness (QED) is 0.0606. The van der Waals surface area contributed by atoms with Crippen molar-refractivity contribution in [1.82, 2.24) is 10.6 Å². The van der Waals surface area contributed by atoms with Crippen LogP contribution in [-0.2, 0) is 57.0 Å². The van der Waals surface area contributed by atoms with Gasteiger partial charge >= 0.3 is 0 Å². The molecule has 20 N–H and O–H groups in total. The van der Waals surface area contributed by atoms with Crippen LogP contribution < -0.4 is 16.4 Å². The fourth-order valence-electron chi connectivity index (χ4n) is 8.56. The van der Waals surface area contributed by atoms with Gasteiger partial charge in [-0.05, 0) is 0 Å². The molecule has 31 nitrogen and oxygen atoms in total. The van der Waals surface area contributed by atoms with Gasteiger partial charge in [-0.25, -0.2) is 0 Å². The highest BCUT2D eigenvalue weighted by Gasteiger charge is 2.61. The summed E-state index contributed by atoms with van der Waals surface area (Å²) in [5.41, 5.74) is 5.82. The molecule has 5 aliphatic rings. The predicted molar refractivity (Wildman–Crippen MR) is 208 cm³/mol. The lowest BCUT2D eigenvalue weighted by molar-refractivity contribution is -0.401. The molecule has 68 heavy (non-hydrogen) atoms. The Hall–Kier alpha value is -2.59. The molecule has 0 saturated carbocycles. The molecule has 0 radical (unpaired) electrons. The molecule has 5 fully saturated rings. The van der Waals surface area contributed by atoms with E-state index >= 15 is 0 Å². The average Bonchev–Trinajstić information content (AvgIpc) is 3.29. The summed E-state index contributed by atoms with van der Waals surface area (Å²) >= 11 is 0. The van der Waals surface area contributed by atoms with Gasteiger partial charge in [-0.2, -0.15) is 0 Å². The maximum atomic E-state index is 13.6. The number of hydrogen-bond acceptors (Lipinski definition) is 28. The third-order valence-electron chi connectivity index (χ3n) is 12.1. The maximum Gasteiger partial charge on any atom is 0.277 e. The SMILES string of the molecule is CC(=O)N[C@H]1[C@H](O[C@@H]2[C@H](O[C@]3(C(N)=O)C[C@H](O)[C@@H](NC(C)=O)[C@H]([C@H](O)[C@H](O)CO)O3)[C@@H](O)[C@H](O[C@H]3[C@H](O)[C@@H](O)[C@H](O)O[C@@H]3CO)O[C@@H]2CO)O[C@H](CO)[C@H](O)[C@@H]1O[C@@H]1O[C@H](CO)[C@H](O)[C@H](O)[C@H]1O. The van der Waals surface area contributed by atoms with E-state index in [9.17, 15) is 96.1 Å². The number of nitrogens with two attached hydrogens (primary N) is 1. The Kier molecular flexibility index (Phi) is 19.7. The topological polar surface area (TPSA) is 508 Å². The monoisotopic (exact) mass is 997 g/mol. The van der Waals surface area contributed by atoms with Crippen LogP contribution in [0.15, 0.2) is 0 Å². The molecule has 0 unspecified atom stereocenters. The van der Waals surface area contributed by atoms with Gasteiger partial charge < -0.3 is 141 Å². The van der Waals surface area contributed by atoms with Crippen LogP contribution in [0.25, 0.3) is 0 Å². The van der Waals surface area contributed by atoms with Gasteiger partial charge in [0.2, 0.25) is 11.8 Å². The molecule has 31 heteroatoms. The zero-order valence-corrected chi connectivity index (χ0v) is 36.3. The lowest BCUT2D eigenvalue weighted by Gasteiger charge is -2.53. The number of hydrogen-bond donors (Lipinski definition) is 19. The molecule has 0 spiro atoms. The molecule has 5 heterocycles. The van der Waals surface area contributed by atoms with Gasteiger partial charge in [-0.3, -0.25) is 14.4 Å². The summed E-state index contributed by atoms with van der Waals surface area (Å²) in [5.74, 6) is -6.47. The molecular weight excluding hydrogens is 934 g/mol. The van der Waals surface area contributed by atoms with Crippen molar-refractivity contribution in [2.24, 2.45) is 5.73 Å². The number of carbonyl (C=O) groups is 3. The van der Waals surface area contributed by atoms with Crippen LogP contribution >= 0.6 is 0 Å². The zero-order chi connectivity index (χ0) is 50.7. The van der Waals surface area contributed by atoms with Crippen molar-refractivity contribution in [3.05, 3.63) is 0 Å². The smallest absolute Gasteiger partial charge is 0.277 e. The van der Waals surface area contributed by atoms with Gasteiger partial charge in [-0.15, -0.1) is 0 Å². The minimum absolute atomic E-state index is 0.825. The van der Waals surface area contributed by atoms with Crippen molar-refractivity contribution in [2.45, 2.75) is 179 Å². The number of primary amides is 1. The summed E-state index contributed by atoms with van der Waals surface area (Å²) < 4.78 is 52.0. The molecule has 3 amide bonds. The van der Waals surface area contributed by atoms with Crippen molar-refractivity contribution in [3.63, 3.8) is 0 Å². The second-order valence-corrected chi connectivity index (χ2v) is 16.9. The van der Waals surface area contributed by atoms with E-state index in [1.807, 2.05) is 0 Å². The second-order valence-electron chi connectivity index (χ2n) is 16.9. The van der Waals surface area contributed by atoms with Gasteiger partial charge in [0.05, 0.1) is 45.2 Å². The normalized spacial score (nSPS) is 46.6. The molecule has 0 bridgehead atoms. The summed E-state index contributed by atoms with van der Waals surface area (Å²) in [4.78, 5) is 38.6. The number of carbonyl (C=O) groups excluding carboxylic acids is 3. The summed E-state index contributed by atoms with van der Waals surface area (Å²) in [5, 5.41) is 175. The number of rotatable bonds is 18. The van der Waals surface area contributed by atoms with Gasteiger partial charge in [0.15, 0.2) is 25.2 Å². The lowest BCUT2D eigenvalue weighted by Crippen LogP contribution is -2.73. The number of nitrogens with one attached hydrogen (secondary N) is 2. The Morgan fingerprint density at radius 2 is 1.09 bits per heavy atom. The van der Waals surface area contributed by atoms with Crippen LogP contribution in [0.5, 0.6) is 0 Å². The van der Waals surface area contributed by atoms with Crippen molar-refractivity contribution < 1.29 is 139 Å². The minimum atomic E-state index is -3.10. The molecule has 0 aliphatic carbocycles. The zero-order valence-electron chi connectivity index (χ0n) is 36.3. The number of ether oxygens (including phenoxy) is 9. The van der Waals surface area contributed by atoms with E-state index in [1.54, 1.807) is 0 Å². The van der Waals surface area contributed by atoms with Crippen molar-refractivity contribution in [2.75, 3.05) is 33.0 Å². The summed E-state index contributed by atoms with van der Waals surface area (Å²) in [6.45, 7) is -3.33. The first kappa shape index (κ1) is 56.3. The molecule has 5 rings (SSSR count). The van der Waals surface area contributed by atoms with E-state index in [0.29, 0.717) is 0 Å². The van der Waals surface area contributed by atoms with E-state index in [2.05, 4.69) is 10.6 Å². The first-order valence-corrected chi connectivity index (χ1v) is 21.3. The Balaban J connectivity index is 1.61. The Bertz CT molecular complexity index is 1660. The van der Waals surface area contributed by atoms with Crippen LogP contribution in [0.2, 0.25) is 0 Å². The van der Waals surface area contributed by atoms with Crippen LogP contribution in [-0.4, -0.2) is 291 Å². The molecule has 5 saturated heterocycles. The molecule has 0 aromatic heterocycles. The average molecular weight is 998 g/mol. The van der Waals surface area contributed by atoms with Crippen molar-refractivity contribution in [3.8, 4) is 0 Å². The van der Waals surface area contributed by atoms with Crippen LogP contribution in [0.3, 0.4) is 0 Å². The van der Waals surface area contributed by atoms with Gasteiger partial charge in [0.25, 0.3) is 11.7 Å². The first-order chi connectivity index (χ1) is 32.0. The first-order valence-electron chi connectivity index (χ1n) is 21.3. The number of aliphatic hydroxyl groups excluding tert-OH is 16. The highest BCUT2D eigenvalue weighted by Crippen LogP contribution is 2.40. The molecule has 5 aliphatic heterocycles. The van der Waals surface area contributed by atoms with Gasteiger partial charge in [-0.1, -0.05) is 0 Å². The third kappa shape index (κ3) is 11.8. The third-order valence-corrected chi connectivity index (χ3v) is 12.1. The second kappa shape index (κ2) is 23.8. The molecule has 26 atom stereocenters. The van der Waals surface area contributed by atoms with Crippen LogP contribution in [0.1, 0.15) is 20.3 Å². The van der Waals surface area contributed by atoms with E-state index in [1.165, 1.54) is 0 Å². The van der Waals surface area contributed by atoms with Crippen LogP contribution in [0.4, 0.5) is 0 Å². The molecule has 394 valence electrons. The highest BCUT2D eigenvalue weighted by molar-refractivity contribution is 5.82. The Labute approximate surface area is 385 Å². The molecule has 0 aromatic rings. The standard InChI is InChI=1S/C37H63N3O28/c1-9(46)39-17-11(48)3-37(36(38)59,67-30(17)19(50)12(49)4-41)68-31-26(57)35(64-27-15(7-44)60-32(58)24(55)23(27)54)63-16(8-45)28(31)65-33-18(40-10(2)47)29(21(52)14(6-43)61-33)66-34-25(56)22(53)20(51)13(5-42)62-34/h11-35,41-45,48-58H,3-8H2,1-2H3,(H2,38,59)(H,39,46)(H,40,47)/t11-,12+,13+,14+,15+,16+,17+,18+,19+,20-,21-,22-,23+,24+,25+,26+,27+,28-,29+,30+,31+,32+,33-,34-,35-,37-/m0/s1. The molecule has 0 aromatic carbocycles. The fraction of sp³-hybridized carbons (Fsp3) is 0.919. The summed E-state index contributed by atoms with van der Waals surface area (Å²) in [6, 6.07) is -3.51. The fourth-order valence-corrected chi connectivity index (χ4v) is 8.56.